The first-order valence-electron chi connectivity index (χ1n) is 4.38. The lowest BCUT2D eigenvalue weighted by atomic mass is 10.2. The molecule has 1 rings (SSSR count). The van der Waals surface area contributed by atoms with Gasteiger partial charge in [0.15, 0.2) is 11.5 Å². The Bertz CT molecular complexity index is 453. The van der Waals surface area contributed by atoms with Gasteiger partial charge in [-0.3, -0.25) is 9.59 Å². The highest BCUT2D eigenvalue weighted by Gasteiger charge is 2.15. The fourth-order valence-electron chi connectivity index (χ4n) is 0.966. The first kappa shape index (κ1) is 11.9. The summed E-state index contributed by atoms with van der Waals surface area (Å²) in [5.41, 5.74) is -0.624. The van der Waals surface area contributed by atoms with Crippen LogP contribution in [0.4, 0.5) is 0 Å². The average molecular weight is 226 g/mol. The Morgan fingerprint density at radius 2 is 2.19 bits per heavy atom. The molecule has 4 N–H and O–H groups in total. The minimum Gasteiger partial charge on any atom is -0.479 e. The fraction of sp³-hybridized carbons (Fsp3) is 0.222. The summed E-state index contributed by atoms with van der Waals surface area (Å²) in [4.78, 5) is 35.3. The average Bonchev–Trinajstić information content (AvgIpc) is 2.25. The highest BCUT2D eigenvalue weighted by atomic mass is 16.4. The Labute approximate surface area is 89.7 Å². The van der Waals surface area contributed by atoms with E-state index in [4.69, 9.17) is 10.2 Å². The van der Waals surface area contributed by atoms with E-state index in [1.807, 2.05) is 0 Å². The predicted octanol–water partition coefficient (Wildman–Crippen LogP) is -1.45. The van der Waals surface area contributed by atoms with Crippen LogP contribution in [0.15, 0.2) is 23.3 Å². The van der Waals surface area contributed by atoms with Gasteiger partial charge in [-0.2, -0.15) is 0 Å². The van der Waals surface area contributed by atoms with Crippen LogP contribution in [-0.4, -0.2) is 39.7 Å². The molecule has 1 unspecified atom stereocenters. The molecule has 0 aliphatic heterocycles. The molecule has 1 heterocycles. The molecule has 1 amide bonds. The number of carboxylic acids is 1. The van der Waals surface area contributed by atoms with Crippen LogP contribution in [0.25, 0.3) is 0 Å². The van der Waals surface area contributed by atoms with Crippen molar-refractivity contribution in [1.29, 1.82) is 0 Å². The number of aliphatic hydroxyl groups excluding tert-OH is 1. The first-order chi connectivity index (χ1) is 7.52. The maximum atomic E-state index is 11.4. The number of aromatic nitrogens is 1. The summed E-state index contributed by atoms with van der Waals surface area (Å²) in [6.45, 7) is -0.456. The number of amides is 1. The monoisotopic (exact) mass is 226 g/mol. The minimum absolute atomic E-state index is 0.139. The van der Waals surface area contributed by atoms with Crippen molar-refractivity contribution in [1.82, 2.24) is 10.3 Å². The Morgan fingerprint density at radius 1 is 1.50 bits per heavy atom. The molecule has 0 saturated carbocycles. The van der Waals surface area contributed by atoms with E-state index < -0.39 is 30.0 Å². The molecule has 0 spiro atoms. The molecule has 7 heteroatoms. The molecule has 1 atom stereocenters. The highest BCUT2D eigenvalue weighted by molar-refractivity contribution is 5.94. The molecule has 0 fully saturated rings. The van der Waals surface area contributed by atoms with Crippen LogP contribution in [0.2, 0.25) is 0 Å². The Hall–Kier alpha value is -2.15. The van der Waals surface area contributed by atoms with E-state index in [-0.39, 0.29) is 5.56 Å². The van der Waals surface area contributed by atoms with Gasteiger partial charge in [0.1, 0.15) is 5.56 Å². The summed E-state index contributed by atoms with van der Waals surface area (Å²) in [5.74, 6) is -2.18. The molecule has 0 saturated heterocycles. The quantitative estimate of drug-likeness (QED) is 0.500. The molecule has 0 aliphatic carbocycles. The number of hydrogen-bond donors (Lipinski definition) is 4. The van der Waals surface area contributed by atoms with Gasteiger partial charge < -0.3 is 20.5 Å². The molecule has 0 bridgehead atoms. The van der Waals surface area contributed by atoms with Crippen molar-refractivity contribution in [3.8, 4) is 0 Å². The molecule has 86 valence electrons. The van der Waals surface area contributed by atoms with E-state index in [1.165, 1.54) is 18.5 Å². The van der Waals surface area contributed by atoms with Crippen molar-refractivity contribution in [2.45, 2.75) is 6.10 Å². The van der Waals surface area contributed by atoms with Gasteiger partial charge in [-0.15, -0.1) is 0 Å². The smallest absolute Gasteiger partial charge is 0.334 e. The molecule has 7 nitrogen and oxygen atoms in total. The van der Waals surface area contributed by atoms with Gasteiger partial charge in [-0.05, 0) is 0 Å². The van der Waals surface area contributed by atoms with Gasteiger partial charge in [0.2, 0.25) is 0 Å². The SMILES string of the molecule is O=C(NCC(O)C(=O)O)c1c[nH]ccc1=O. The zero-order chi connectivity index (χ0) is 12.1. The molecule has 16 heavy (non-hydrogen) atoms. The van der Waals surface area contributed by atoms with Crippen molar-refractivity contribution in [3.63, 3.8) is 0 Å². The third kappa shape index (κ3) is 2.92. The van der Waals surface area contributed by atoms with Gasteiger partial charge in [0, 0.05) is 18.5 Å². The highest BCUT2D eigenvalue weighted by Crippen LogP contribution is 1.88. The molecular weight excluding hydrogens is 216 g/mol. The molecule has 1 aromatic rings. The summed E-state index contributed by atoms with van der Waals surface area (Å²) in [7, 11) is 0. The van der Waals surface area contributed by atoms with Crippen LogP contribution in [-0.2, 0) is 4.79 Å². The predicted molar refractivity (Wildman–Crippen MR) is 53.0 cm³/mol. The van der Waals surface area contributed by atoms with Crippen LogP contribution >= 0.6 is 0 Å². The zero-order valence-corrected chi connectivity index (χ0v) is 8.14. The molecule has 1 aromatic heterocycles. The van der Waals surface area contributed by atoms with E-state index in [0.29, 0.717) is 0 Å². The van der Waals surface area contributed by atoms with Crippen LogP contribution in [0.1, 0.15) is 10.4 Å². The summed E-state index contributed by atoms with van der Waals surface area (Å²) < 4.78 is 0. The van der Waals surface area contributed by atoms with Gasteiger partial charge >= 0.3 is 5.97 Å². The number of rotatable bonds is 4. The maximum Gasteiger partial charge on any atom is 0.334 e. The fourth-order valence-corrected chi connectivity index (χ4v) is 0.966. The van der Waals surface area contributed by atoms with Crippen molar-refractivity contribution in [2.24, 2.45) is 0 Å². The van der Waals surface area contributed by atoms with Crippen molar-refractivity contribution < 1.29 is 19.8 Å². The Balaban J connectivity index is 2.64. The van der Waals surface area contributed by atoms with Gasteiger partial charge in [-0.1, -0.05) is 0 Å². The number of nitrogens with one attached hydrogen (secondary N) is 2. The minimum atomic E-state index is -1.69. The lowest BCUT2D eigenvalue weighted by Gasteiger charge is -2.06. The normalized spacial score (nSPS) is 11.8. The van der Waals surface area contributed by atoms with Crippen molar-refractivity contribution >= 4 is 11.9 Å². The number of aromatic amines is 1. The largest absolute Gasteiger partial charge is 0.479 e. The number of H-pyrrole nitrogens is 1. The van der Waals surface area contributed by atoms with Gasteiger partial charge in [0.05, 0.1) is 6.54 Å². The lowest BCUT2D eigenvalue weighted by Crippen LogP contribution is -2.38. The summed E-state index contributed by atoms with van der Waals surface area (Å²) in [5, 5.41) is 19.4. The first-order valence-corrected chi connectivity index (χ1v) is 4.38. The second-order valence-corrected chi connectivity index (χ2v) is 2.99. The van der Waals surface area contributed by atoms with E-state index in [2.05, 4.69) is 10.3 Å². The Kier molecular flexibility index (Phi) is 3.78. The van der Waals surface area contributed by atoms with Crippen molar-refractivity contribution in [3.05, 3.63) is 34.2 Å². The second-order valence-electron chi connectivity index (χ2n) is 2.99. The number of carbonyl (C=O) groups excluding carboxylic acids is 1. The second kappa shape index (κ2) is 5.08. The number of hydrogen-bond acceptors (Lipinski definition) is 4. The third-order valence-corrected chi connectivity index (χ3v) is 1.81. The molecular formula is C9H10N2O5. The van der Waals surface area contributed by atoms with Crippen molar-refractivity contribution in [2.75, 3.05) is 6.54 Å². The van der Waals surface area contributed by atoms with Crippen LogP contribution in [0.3, 0.4) is 0 Å². The number of carboxylic acid groups (broad SMARTS) is 1. The topological polar surface area (TPSA) is 119 Å². The molecule has 0 radical (unpaired) electrons. The molecule has 0 aromatic carbocycles. The molecule has 0 aliphatic rings. The summed E-state index contributed by atoms with van der Waals surface area (Å²) >= 11 is 0. The van der Waals surface area contributed by atoms with Crippen LogP contribution < -0.4 is 10.7 Å². The lowest BCUT2D eigenvalue weighted by molar-refractivity contribution is -0.146. The van der Waals surface area contributed by atoms with E-state index >= 15 is 0 Å². The summed E-state index contributed by atoms with van der Waals surface area (Å²) in [6.07, 6.45) is 0.877. The van der Waals surface area contributed by atoms with Gasteiger partial charge in [0.25, 0.3) is 5.91 Å². The van der Waals surface area contributed by atoms with Gasteiger partial charge in [-0.25, -0.2) is 4.79 Å². The number of aliphatic hydroxyl groups is 1. The zero-order valence-electron chi connectivity index (χ0n) is 8.14. The number of pyridine rings is 1. The maximum absolute atomic E-state index is 11.4. The van der Waals surface area contributed by atoms with E-state index in [0.717, 1.165) is 0 Å². The van der Waals surface area contributed by atoms with E-state index in [9.17, 15) is 14.4 Å². The van der Waals surface area contributed by atoms with Crippen LogP contribution in [0.5, 0.6) is 0 Å². The number of aliphatic carboxylic acids is 1. The number of carbonyl (C=O) groups is 2. The summed E-state index contributed by atoms with van der Waals surface area (Å²) in [6, 6.07) is 1.17. The third-order valence-electron chi connectivity index (χ3n) is 1.81. The van der Waals surface area contributed by atoms with E-state index in [1.54, 1.807) is 0 Å². The Morgan fingerprint density at radius 3 is 2.75 bits per heavy atom. The standard InChI is InChI=1S/C9H10N2O5/c12-6-1-2-10-3-5(6)8(14)11-4-7(13)9(15)16/h1-3,7,13H,4H2,(H,10,12)(H,11,14)(H,15,16). The van der Waals surface area contributed by atoms with Crippen LogP contribution in [0, 0.1) is 0 Å².